The van der Waals surface area contributed by atoms with E-state index in [2.05, 4.69) is 15.8 Å². The van der Waals surface area contributed by atoms with Gasteiger partial charge in [0.1, 0.15) is 12.4 Å². The molecule has 3 aromatic carbocycles. The molecule has 0 radical (unpaired) electrons. The lowest BCUT2D eigenvalue weighted by Gasteiger charge is -2.09. The van der Waals surface area contributed by atoms with Crippen LogP contribution in [0.25, 0.3) is 0 Å². The highest BCUT2D eigenvalue weighted by atomic mass is 35.5. The number of para-hydroxylation sites is 1. The largest absolute Gasteiger partial charge is 0.487 e. The molecule has 5 nitrogen and oxygen atoms in total. The zero-order chi connectivity index (χ0) is 19.8. The normalized spacial score (nSPS) is 10.6. The van der Waals surface area contributed by atoms with Gasteiger partial charge in [-0.1, -0.05) is 60.1 Å². The number of nitrogens with one attached hydrogen (secondary N) is 2. The quantitative estimate of drug-likeness (QED) is 0.436. The second-order valence-corrected chi connectivity index (χ2v) is 6.51. The molecule has 0 spiro atoms. The van der Waals surface area contributed by atoms with Crippen LogP contribution in [0, 0.1) is 6.92 Å². The van der Waals surface area contributed by atoms with Crippen molar-refractivity contribution >= 4 is 29.5 Å². The number of aryl methyl sites for hydroxylation is 1. The van der Waals surface area contributed by atoms with Gasteiger partial charge in [0.05, 0.1) is 11.2 Å². The van der Waals surface area contributed by atoms with E-state index in [0.29, 0.717) is 17.4 Å². The van der Waals surface area contributed by atoms with E-state index in [4.69, 9.17) is 16.3 Å². The highest BCUT2D eigenvalue weighted by Crippen LogP contribution is 2.25. The van der Waals surface area contributed by atoms with Gasteiger partial charge in [-0.25, -0.2) is 10.2 Å². The third-order valence-corrected chi connectivity index (χ3v) is 4.26. The lowest BCUT2D eigenvalue weighted by molar-refractivity contribution is 0.252. The van der Waals surface area contributed by atoms with Gasteiger partial charge in [0.15, 0.2) is 0 Å². The summed E-state index contributed by atoms with van der Waals surface area (Å²) in [5, 5.41) is 7.16. The van der Waals surface area contributed by atoms with Crippen LogP contribution in [-0.2, 0) is 6.61 Å². The van der Waals surface area contributed by atoms with Crippen molar-refractivity contribution in [2.24, 2.45) is 5.10 Å². The Kier molecular flexibility index (Phi) is 6.65. The molecule has 0 aliphatic carbocycles. The molecule has 0 aliphatic rings. The highest BCUT2D eigenvalue weighted by Gasteiger charge is 2.04. The summed E-state index contributed by atoms with van der Waals surface area (Å²) in [5.74, 6) is 0.591. The Labute approximate surface area is 169 Å². The monoisotopic (exact) mass is 393 g/mol. The number of anilines is 1. The van der Waals surface area contributed by atoms with Crippen LogP contribution >= 0.6 is 11.6 Å². The van der Waals surface area contributed by atoms with Crippen molar-refractivity contribution in [3.8, 4) is 5.75 Å². The van der Waals surface area contributed by atoms with E-state index >= 15 is 0 Å². The number of amides is 2. The van der Waals surface area contributed by atoms with E-state index in [0.717, 1.165) is 22.4 Å². The Morgan fingerprint density at radius 1 is 1.07 bits per heavy atom. The fourth-order valence-electron chi connectivity index (χ4n) is 2.48. The first-order chi connectivity index (χ1) is 13.6. The molecule has 3 aromatic rings. The Morgan fingerprint density at radius 3 is 2.57 bits per heavy atom. The highest BCUT2D eigenvalue weighted by molar-refractivity contribution is 6.32. The molecule has 2 N–H and O–H groups in total. The number of ether oxygens (including phenoxy) is 1. The van der Waals surface area contributed by atoms with Crippen LogP contribution < -0.4 is 15.5 Å². The minimum atomic E-state index is -0.417. The SMILES string of the molecule is Cc1ccccc1NC(=O)N/N=C\c1ccc(OCc2ccccc2)c(Cl)c1. The number of urea groups is 1. The van der Waals surface area contributed by atoms with Crippen molar-refractivity contribution in [3.63, 3.8) is 0 Å². The molecule has 0 atom stereocenters. The van der Waals surface area contributed by atoms with Crippen LogP contribution in [0.2, 0.25) is 5.02 Å². The number of carbonyl (C=O) groups excluding carboxylic acids is 1. The lowest BCUT2D eigenvalue weighted by atomic mass is 10.2. The molecule has 28 heavy (non-hydrogen) atoms. The fraction of sp³-hybridized carbons (Fsp3) is 0.0909. The fourth-order valence-corrected chi connectivity index (χ4v) is 2.72. The van der Waals surface area contributed by atoms with E-state index in [-0.39, 0.29) is 0 Å². The molecule has 0 saturated heterocycles. The number of rotatable bonds is 6. The van der Waals surface area contributed by atoms with Gasteiger partial charge in [0, 0.05) is 5.69 Å². The second kappa shape index (κ2) is 9.58. The van der Waals surface area contributed by atoms with E-state index < -0.39 is 6.03 Å². The van der Waals surface area contributed by atoms with E-state index in [1.165, 1.54) is 6.21 Å². The molecule has 0 fully saturated rings. The molecular weight excluding hydrogens is 374 g/mol. The summed E-state index contributed by atoms with van der Waals surface area (Å²) < 4.78 is 5.74. The van der Waals surface area contributed by atoms with Gasteiger partial charge in [-0.15, -0.1) is 0 Å². The molecule has 3 rings (SSSR count). The summed E-state index contributed by atoms with van der Waals surface area (Å²) in [6, 6.07) is 22.3. The topological polar surface area (TPSA) is 62.7 Å². The number of nitrogens with zero attached hydrogens (tertiary/aromatic N) is 1. The molecule has 2 amide bonds. The number of hydrogen-bond acceptors (Lipinski definition) is 3. The van der Waals surface area contributed by atoms with Crippen molar-refractivity contribution in [2.75, 3.05) is 5.32 Å². The Morgan fingerprint density at radius 2 is 1.82 bits per heavy atom. The van der Waals surface area contributed by atoms with Gasteiger partial charge in [-0.05, 0) is 47.9 Å². The van der Waals surface area contributed by atoms with E-state index in [9.17, 15) is 4.79 Å². The predicted octanol–water partition coefficient (Wildman–Crippen LogP) is 5.38. The number of benzene rings is 3. The summed E-state index contributed by atoms with van der Waals surface area (Å²) in [5.41, 5.74) is 5.95. The average Bonchev–Trinajstić information content (AvgIpc) is 2.70. The van der Waals surface area contributed by atoms with Crippen molar-refractivity contribution in [1.82, 2.24) is 5.43 Å². The van der Waals surface area contributed by atoms with E-state index in [1.807, 2.05) is 67.6 Å². The molecule has 0 saturated carbocycles. The van der Waals surface area contributed by atoms with E-state index in [1.54, 1.807) is 12.1 Å². The van der Waals surface area contributed by atoms with Gasteiger partial charge in [0.25, 0.3) is 0 Å². The summed E-state index contributed by atoms with van der Waals surface area (Å²) in [6.07, 6.45) is 1.52. The van der Waals surface area contributed by atoms with Crippen molar-refractivity contribution < 1.29 is 9.53 Å². The number of halogens is 1. The summed E-state index contributed by atoms with van der Waals surface area (Å²) >= 11 is 6.28. The molecule has 0 aliphatic heterocycles. The molecule has 0 aromatic heterocycles. The molecule has 0 unspecified atom stereocenters. The first-order valence-corrected chi connectivity index (χ1v) is 9.11. The van der Waals surface area contributed by atoms with Gasteiger partial charge >= 0.3 is 6.03 Å². The second-order valence-electron chi connectivity index (χ2n) is 6.10. The maximum absolute atomic E-state index is 11.9. The summed E-state index contributed by atoms with van der Waals surface area (Å²) in [6.45, 7) is 2.36. The number of hydrogen-bond donors (Lipinski definition) is 2. The molecule has 0 heterocycles. The summed E-state index contributed by atoms with van der Waals surface area (Å²) in [7, 11) is 0. The van der Waals surface area contributed by atoms with Crippen LogP contribution in [0.1, 0.15) is 16.7 Å². The minimum absolute atomic E-state index is 0.417. The Balaban J connectivity index is 1.53. The lowest BCUT2D eigenvalue weighted by Crippen LogP contribution is -2.24. The molecule has 6 heteroatoms. The van der Waals surface area contributed by atoms with Crippen LogP contribution in [0.15, 0.2) is 77.9 Å². The number of hydrazone groups is 1. The molecular formula is C22H20ClN3O2. The smallest absolute Gasteiger partial charge is 0.339 e. The van der Waals surface area contributed by atoms with Crippen molar-refractivity contribution in [2.45, 2.75) is 13.5 Å². The zero-order valence-corrected chi connectivity index (χ0v) is 16.1. The molecule has 142 valence electrons. The van der Waals surface area contributed by atoms with Gasteiger partial charge in [-0.3, -0.25) is 0 Å². The first kappa shape index (κ1) is 19.5. The van der Waals surface area contributed by atoms with Gasteiger partial charge in [0.2, 0.25) is 0 Å². The predicted molar refractivity (Wildman–Crippen MR) is 113 cm³/mol. The zero-order valence-electron chi connectivity index (χ0n) is 15.4. The Bertz CT molecular complexity index is 975. The van der Waals surface area contributed by atoms with Crippen molar-refractivity contribution in [1.29, 1.82) is 0 Å². The maximum Gasteiger partial charge on any atom is 0.339 e. The summed E-state index contributed by atoms with van der Waals surface area (Å²) in [4.78, 5) is 11.9. The van der Waals surface area contributed by atoms with Gasteiger partial charge < -0.3 is 10.1 Å². The minimum Gasteiger partial charge on any atom is -0.487 e. The molecule has 0 bridgehead atoms. The van der Waals surface area contributed by atoms with Crippen LogP contribution in [0.4, 0.5) is 10.5 Å². The first-order valence-electron chi connectivity index (χ1n) is 8.74. The Hall–Kier alpha value is -3.31. The average molecular weight is 394 g/mol. The number of carbonyl (C=O) groups is 1. The van der Waals surface area contributed by atoms with Gasteiger partial charge in [-0.2, -0.15) is 5.10 Å². The standard InChI is InChI=1S/C22H20ClN3O2/c1-16-7-5-6-10-20(16)25-22(27)26-24-14-18-11-12-21(19(23)13-18)28-15-17-8-3-2-4-9-17/h2-14H,15H2,1H3,(H2,25,26,27)/b24-14-. The third kappa shape index (κ3) is 5.59. The van der Waals surface area contributed by atoms with Crippen molar-refractivity contribution in [3.05, 3.63) is 94.5 Å². The maximum atomic E-state index is 11.9. The van der Waals surface area contributed by atoms with Crippen LogP contribution in [0.3, 0.4) is 0 Å². The van der Waals surface area contributed by atoms with Crippen LogP contribution in [0.5, 0.6) is 5.75 Å². The third-order valence-electron chi connectivity index (χ3n) is 3.97. The van der Waals surface area contributed by atoms with Crippen LogP contribution in [-0.4, -0.2) is 12.2 Å².